The molecule has 11 heteroatoms. The molecule has 0 aliphatic rings. The third-order valence-electron chi connectivity index (χ3n) is 4.30. The molecule has 8 nitrogen and oxygen atoms in total. The first-order valence-corrected chi connectivity index (χ1v) is 10.5. The lowest BCUT2D eigenvalue weighted by atomic mass is 10.2. The van der Waals surface area contributed by atoms with Crippen LogP contribution >= 0.6 is 11.5 Å². The third-order valence-corrected chi connectivity index (χ3v) is 5.04. The largest absolute Gasteiger partial charge is 0.477 e. The van der Waals surface area contributed by atoms with Crippen molar-refractivity contribution in [2.24, 2.45) is 0 Å². The maximum atomic E-state index is 13.7. The molecule has 2 amide bonds. The molecule has 0 saturated heterocycles. The Labute approximate surface area is 183 Å². The van der Waals surface area contributed by atoms with Crippen LogP contribution in [0.25, 0.3) is 0 Å². The first-order valence-electron chi connectivity index (χ1n) is 9.77. The second kappa shape index (κ2) is 12.2. The van der Waals surface area contributed by atoms with Gasteiger partial charge in [-0.15, -0.1) is 0 Å². The van der Waals surface area contributed by atoms with E-state index in [4.69, 9.17) is 4.74 Å². The van der Waals surface area contributed by atoms with Crippen LogP contribution in [0.3, 0.4) is 0 Å². The highest BCUT2D eigenvalue weighted by atomic mass is 32.1. The van der Waals surface area contributed by atoms with Crippen LogP contribution in [-0.2, 0) is 6.61 Å². The van der Waals surface area contributed by atoms with Crippen molar-refractivity contribution in [1.82, 2.24) is 14.6 Å². The zero-order valence-corrected chi connectivity index (χ0v) is 18.2. The summed E-state index contributed by atoms with van der Waals surface area (Å²) in [4.78, 5) is 25.8. The standard InChI is InChI=1S/C20H26F2N4O4S/c1-26(2)10-6-4-3-5-9-23-20(29)24-18-16(19(27)28)17(25-31-18)30-12-13-7-8-14(21)11-15(13)22/h7-8,11H,3-6,9-10,12H2,1-2H3,(H,27,28)(H2,23,24,29). The molecule has 2 aromatic rings. The number of unbranched alkanes of at least 4 members (excludes halogenated alkanes) is 3. The number of amides is 2. The van der Waals surface area contributed by atoms with Gasteiger partial charge in [0, 0.05) is 18.2 Å². The summed E-state index contributed by atoms with van der Waals surface area (Å²) in [6, 6.07) is 2.43. The number of anilines is 1. The fourth-order valence-corrected chi connectivity index (χ4v) is 3.41. The summed E-state index contributed by atoms with van der Waals surface area (Å²) in [5, 5.41) is 14.6. The molecular weight excluding hydrogens is 430 g/mol. The molecule has 0 fully saturated rings. The van der Waals surface area contributed by atoms with E-state index in [2.05, 4.69) is 19.9 Å². The van der Waals surface area contributed by atoms with Crippen LogP contribution in [0.4, 0.5) is 18.6 Å². The highest BCUT2D eigenvalue weighted by Crippen LogP contribution is 2.31. The van der Waals surface area contributed by atoms with Crippen molar-refractivity contribution < 1.29 is 28.2 Å². The fourth-order valence-electron chi connectivity index (χ4n) is 2.69. The van der Waals surface area contributed by atoms with Crippen LogP contribution in [0.15, 0.2) is 18.2 Å². The highest BCUT2D eigenvalue weighted by molar-refractivity contribution is 7.11. The number of hydrogen-bond donors (Lipinski definition) is 3. The highest BCUT2D eigenvalue weighted by Gasteiger charge is 2.23. The Balaban J connectivity index is 1.85. The van der Waals surface area contributed by atoms with Gasteiger partial charge in [0.2, 0.25) is 5.88 Å². The summed E-state index contributed by atoms with van der Waals surface area (Å²) in [6.45, 7) is 1.15. The number of nitrogens with zero attached hydrogens (tertiary/aromatic N) is 2. The SMILES string of the molecule is CN(C)CCCCCCNC(=O)Nc1snc(OCc2ccc(F)cc2F)c1C(=O)O. The number of hydrogen-bond acceptors (Lipinski definition) is 6. The molecule has 0 aliphatic carbocycles. The quantitative estimate of drug-likeness (QED) is 0.418. The summed E-state index contributed by atoms with van der Waals surface area (Å²) >= 11 is 0.741. The molecule has 170 valence electrons. The Bertz CT molecular complexity index is 892. The van der Waals surface area contributed by atoms with Gasteiger partial charge in [-0.2, -0.15) is 4.37 Å². The zero-order valence-electron chi connectivity index (χ0n) is 17.4. The first kappa shape index (κ1) is 24.5. The molecule has 0 saturated carbocycles. The molecule has 0 bridgehead atoms. The topological polar surface area (TPSA) is 104 Å². The zero-order chi connectivity index (χ0) is 22.8. The summed E-state index contributed by atoms with van der Waals surface area (Å²) < 4.78 is 35.9. The minimum Gasteiger partial charge on any atom is -0.477 e. The van der Waals surface area contributed by atoms with Crippen molar-refractivity contribution in [3.05, 3.63) is 41.0 Å². The van der Waals surface area contributed by atoms with Crippen LogP contribution < -0.4 is 15.4 Å². The van der Waals surface area contributed by atoms with E-state index >= 15 is 0 Å². The number of carbonyl (C=O) groups excluding carboxylic acids is 1. The third kappa shape index (κ3) is 8.10. The maximum Gasteiger partial charge on any atom is 0.344 e. The van der Waals surface area contributed by atoms with Crippen molar-refractivity contribution in [3.8, 4) is 5.88 Å². The number of aromatic carboxylic acids is 1. The molecule has 1 aromatic carbocycles. The molecule has 1 aromatic heterocycles. The number of carboxylic acids is 1. The summed E-state index contributed by atoms with van der Waals surface area (Å²) in [5.41, 5.74) is -0.282. The van der Waals surface area contributed by atoms with E-state index in [0.29, 0.717) is 12.6 Å². The van der Waals surface area contributed by atoms with E-state index in [9.17, 15) is 23.5 Å². The van der Waals surface area contributed by atoms with Gasteiger partial charge in [0.1, 0.15) is 23.2 Å². The predicted octanol–water partition coefficient (Wildman–Crippen LogP) is 3.94. The molecule has 31 heavy (non-hydrogen) atoms. The number of nitrogens with one attached hydrogen (secondary N) is 2. The lowest BCUT2D eigenvalue weighted by Crippen LogP contribution is -2.29. The molecule has 1 heterocycles. The van der Waals surface area contributed by atoms with E-state index in [-0.39, 0.29) is 28.6 Å². The maximum absolute atomic E-state index is 13.7. The van der Waals surface area contributed by atoms with Gasteiger partial charge in [0.25, 0.3) is 0 Å². The molecule has 0 unspecified atom stereocenters. The number of benzene rings is 1. The average Bonchev–Trinajstić information content (AvgIpc) is 3.09. The normalized spacial score (nSPS) is 10.9. The van der Waals surface area contributed by atoms with Crippen LogP contribution in [0.5, 0.6) is 5.88 Å². The number of carbonyl (C=O) groups is 2. The van der Waals surface area contributed by atoms with Crippen molar-refractivity contribution in [2.45, 2.75) is 32.3 Å². The number of aromatic nitrogens is 1. The Morgan fingerprint density at radius 1 is 1.19 bits per heavy atom. The molecule has 0 atom stereocenters. The number of carboxylic acid groups (broad SMARTS) is 1. The first-order chi connectivity index (χ1) is 14.8. The van der Waals surface area contributed by atoms with E-state index in [1.165, 1.54) is 6.07 Å². The second-order valence-corrected chi connectivity index (χ2v) is 7.89. The van der Waals surface area contributed by atoms with Gasteiger partial charge in [-0.05, 0) is 57.1 Å². The Kier molecular flexibility index (Phi) is 9.60. The average molecular weight is 457 g/mol. The minimum atomic E-state index is -1.35. The van der Waals surface area contributed by atoms with Crippen LogP contribution in [0.1, 0.15) is 41.6 Å². The van der Waals surface area contributed by atoms with Crippen molar-refractivity contribution in [1.29, 1.82) is 0 Å². The van der Waals surface area contributed by atoms with E-state index in [0.717, 1.165) is 49.8 Å². The van der Waals surface area contributed by atoms with Gasteiger partial charge >= 0.3 is 12.0 Å². The molecule has 0 spiro atoms. The summed E-state index contributed by atoms with van der Waals surface area (Å²) in [5.74, 6) is -3.14. The smallest absolute Gasteiger partial charge is 0.344 e. The van der Waals surface area contributed by atoms with E-state index in [1.54, 1.807) is 0 Å². The molecule has 2 rings (SSSR count). The fraction of sp³-hybridized carbons (Fsp3) is 0.450. The summed E-state index contributed by atoms with van der Waals surface area (Å²) in [7, 11) is 4.04. The Morgan fingerprint density at radius 2 is 1.94 bits per heavy atom. The predicted molar refractivity (Wildman–Crippen MR) is 114 cm³/mol. The van der Waals surface area contributed by atoms with Gasteiger partial charge in [-0.1, -0.05) is 12.8 Å². The number of ether oxygens (including phenoxy) is 1. The summed E-state index contributed by atoms with van der Waals surface area (Å²) in [6.07, 6.45) is 3.95. The monoisotopic (exact) mass is 456 g/mol. The Hall–Kier alpha value is -2.79. The van der Waals surface area contributed by atoms with Gasteiger partial charge in [-0.25, -0.2) is 18.4 Å². The molecular formula is C20H26F2N4O4S. The number of halogens is 2. The minimum absolute atomic E-state index is 0.00515. The van der Waals surface area contributed by atoms with Gasteiger partial charge in [0.15, 0.2) is 5.56 Å². The number of urea groups is 1. The van der Waals surface area contributed by atoms with Crippen LogP contribution in [0.2, 0.25) is 0 Å². The van der Waals surface area contributed by atoms with Gasteiger partial charge in [-0.3, -0.25) is 5.32 Å². The molecule has 3 N–H and O–H groups in total. The van der Waals surface area contributed by atoms with Crippen molar-refractivity contribution >= 4 is 28.5 Å². The van der Waals surface area contributed by atoms with Crippen LogP contribution in [-0.4, -0.2) is 53.6 Å². The second-order valence-electron chi connectivity index (χ2n) is 7.12. The van der Waals surface area contributed by atoms with Crippen LogP contribution in [0, 0.1) is 11.6 Å². The van der Waals surface area contributed by atoms with Crippen molar-refractivity contribution in [2.75, 3.05) is 32.5 Å². The lowest BCUT2D eigenvalue weighted by Gasteiger charge is -2.09. The molecule has 0 radical (unpaired) electrons. The van der Waals surface area contributed by atoms with Crippen molar-refractivity contribution in [3.63, 3.8) is 0 Å². The van der Waals surface area contributed by atoms with Gasteiger partial charge < -0.3 is 20.1 Å². The number of rotatable bonds is 12. The van der Waals surface area contributed by atoms with E-state index in [1.807, 2.05) is 14.1 Å². The Morgan fingerprint density at radius 3 is 2.61 bits per heavy atom. The molecule has 0 aliphatic heterocycles. The van der Waals surface area contributed by atoms with Gasteiger partial charge in [0.05, 0.1) is 0 Å². The van der Waals surface area contributed by atoms with E-state index < -0.39 is 23.6 Å². The lowest BCUT2D eigenvalue weighted by molar-refractivity contribution is 0.0693.